The summed E-state index contributed by atoms with van der Waals surface area (Å²) in [6.45, 7) is 10.1. The van der Waals surface area contributed by atoms with Gasteiger partial charge in [0.1, 0.15) is 0 Å². The second-order valence-electron chi connectivity index (χ2n) is 5.10. The number of nitrogens with one attached hydrogen (secondary N) is 1. The smallest absolute Gasteiger partial charge is 0.233 e. The first kappa shape index (κ1) is 14.9. The molecule has 0 aliphatic heterocycles. The van der Waals surface area contributed by atoms with Gasteiger partial charge in [-0.25, -0.2) is 0 Å². The third-order valence-electron chi connectivity index (χ3n) is 2.68. The van der Waals surface area contributed by atoms with Crippen molar-refractivity contribution in [1.82, 2.24) is 15.5 Å². The Hall–Kier alpha value is -1.16. The maximum Gasteiger partial charge on any atom is 0.233 e. The summed E-state index contributed by atoms with van der Waals surface area (Å²) in [6, 6.07) is 4.31. The minimum atomic E-state index is 0.456. The van der Waals surface area contributed by atoms with Crippen molar-refractivity contribution in [3.8, 4) is 5.88 Å². The maximum absolute atomic E-state index is 5.61. The van der Waals surface area contributed by atoms with Gasteiger partial charge in [0, 0.05) is 18.7 Å². The second-order valence-corrected chi connectivity index (χ2v) is 5.10. The van der Waals surface area contributed by atoms with Crippen molar-refractivity contribution >= 4 is 0 Å². The van der Waals surface area contributed by atoms with E-state index in [1.165, 1.54) is 12.8 Å². The van der Waals surface area contributed by atoms with Crippen LogP contribution >= 0.6 is 0 Å². The summed E-state index contributed by atoms with van der Waals surface area (Å²) >= 11 is 0. The van der Waals surface area contributed by atoms with Gasteiger partial charge in [0.2, 0.25) is 5.88 Å². The van der Waals surface area contributed by atoms with Gasteiger partial charge in [0.25, 0.3) is 0 Å². The maximum atomic E-state index is 5.61. The van der Waals surface area contributed by atoms with Gasteiger partial charge in [-0.1, -0.05) is 34.1 Å². The Bertz CT molecular complexity index is 324. The average Bonchev–Trinajstić information content (AvgIpc) is 2.35. The van der Waals surface area contributed by atoms with Crippen molar-refractivity contribution in [3.63, 3.8) is 0 Å². The van der Waals surface area contributed by atoms with E-state index in [-0.39, 0.29) is 0 Å². The van der Waals surface area contributed by atoms with Crippen molar-refractivity contribution < 1.29 is 4.74 Å². The predicted octanol–water partition coefficient (Wildman–Crippen LogP) is 2.79. The van der Waals surface area contributed by atoms with Crippen LogP contribution in [0, 0.1) is 5.92 Å². The number of nitrogens with zero attached hydrogens (tertiary/aromatic N) is 2. The number of hydrogen-bond acceptors (Lipinski definition) is 4. The van der Waals surface area contributed by atoms with Gasteiger partial charge < -0.3 is 10.1 Å². The number of aromatic nitrogens is 2. The van der Waals surface area contributed by atoms with Gasteiger partial charge in [0.05, 0.1) is 12.3 Å². The van der Waals surface area contributed by atoms with Crippen LogP contribution in [-0.4, -0.2) is 22.8 Å². The number of hydrogen-bond donors (Lipinski definition) is 1. The van der Waals surface area contributed by atoms with Crippen molar-refractivity contribution in [2.45, 2.75) is 53.1 Å². The first-order valence-electron chi connectivity index (χ1n) is 6.80. The van der Waals surface area contributed by atoms with Crippen LogP contribution in [0.1, 0.15) is 46.2 Å². The molecule has 0 aliphatic rings. The topological polar surface area (TPSA) is 47.0 Å². The monoisotopic (exact) mass is 251 g/mol. The lowest BCUT2D eigenvalue weighted by Gasteiger charge is -2.11. The van der Waals surface area contributed by atoms with Gasteiger partial charge in [-0.2, -0.15) is 5.10 Å². The molecule has 0 bridgehead atoms. The zero-order valence-corrected chi connectivity index (χ0v) is 11.9. The predicted molar refractivity (Wildman–Crippen MR) is 73.6 cm³/mol. The van der Waals surface area contributed by atoms with Gasteiger partial charge in [0.15, 0.2) is 0 Å². The fraction of sp³-hybridized carbons (Fsp3) is 0.714. The van der Waals surface area contributed by atoms with Gasteiger partial charge in [-0.15, -0.1) is 5.10 Å². The average molecular weight is 251 g/mol. The summed E-state index contributed by atoms with van der Waals surface area (Å²) in [4.78, 5) is 0. The van der Waals surface area contributed by atoms with Crippen molar-refractivity contribution in [3.05, 3.63) is 17.8 Å². The molecular weight excluding hydrogens is 226 g/mol. The largest absolute Gasteiger partial charge is 0.476 e. The van der Waals surface area contributed by atoms with Crippen LogP contribution in [0.25, 0.3) is 0 Å². The van der Waals surface area contributed by atoms with Crippen LogP contribution in [0.5, 0.6) is 5.88 Å². The molecule has 0 fully saturated rings. The molecular formula is C14H25N3O. The van der Waals surface area contributed by atoms with Gasteiger partial charge in [-0.3, -0.25) is 0 Å². The normalized spacial score (nSPS) is 12.7. The highest BCUT2D eigenvalue weighted by atomic mass is 16.5. The summed E-state index contributed by atoms with van der Waals surface area (Å²) in [5.74, 6) is 1.19. The molecule has 0 amide bonds. The summed E-state index contributed by atoms with van der Waals surface area (Å²) in [7, 11) is 0. The summed E-state index contributed by atoms with van der Waals surface area (Å²) in [6.07, 6.45) is 2.37. The lowest BCUT2D eigenvalue weighted by molar-refractivity contribution is 0.240. The molecule has 1 aromatic rings. The quantitative estimate of drug-likeness (QED) is 0.771. The van der Waals surface area contributed by atoms with Crippen LogP contribution in [0.4, 0.5) is 0 Å². The van der Waals surface area contributed by atoms with Crippen molar-refractivity contribution in [2.75, 3.05) is 6.61 Å². The summed E-state index contributed by atoms with van der Waals surface area (Å²) in [5.41, 5.74) is 0.942. The third-order valence-corrected chi connectivity index (χ3v) is 2.68. The Kier molecular flexibility index (Phi) is 6.65. The van der Waals surface area contributed by atoms with Crippen molar-refractivity contribution in [2.24, 2.45) is 5.92 Å². The van der Waals surface area contributed by atoms with E-state index in [1.807, 2.05) is 12.1 Å². The van der Waals surface area contributed by atoms with Crippen LogP contribution in [0.15, 0.2) is 12.1 Å². The van der Waals surface area contributed by atoms with E-state index in [4.69, 9.17) is 4.74 Å². The van der Waals surface area contributed by atoms with E-state index in [0.29, 0.717) is 24.4 Å². The van der Waals surface area contributed by atoms with Crippen LogP contribution in [0.2, 0.25) is 0 Å². The summed E-state index contributed by atoms with van der Waals surface area (Å²) < 4.78 is 5.61. The number of ether oxygens (including phenoxy) is 1. The van der Waals surface area contributed by atoms with Gasteiger partial charge >= 0.3 is 0 Å². The SMILES string of the molecule is CCCC(C)COc1ccc(CNC(C)C)nn1. The van der Waals surface area contributed by atoms with E-state index in [2.05, 4.69) is 43.2 Å². The minimum Gasteiger partial charge on any atom is -0.476 e. The molecule has 1 aromatic heterocycles. The van der Waals surface area contributed by atoms with Crippen molar-refractivity contribution in [1.29, 1.82) is 0 Å². The highest BCUT2D eigenvalue weighted by Crippen LogP contribution is 2.10. The Balaban J connectivity index is 2.35. The van der Waals surface area contributed by atoms with Crippen LogP contribution in [-0.2, 0) is 6.54 Å². The molecule has 0 spiro atoms. The molecule has 4 heteroatoms. The molecule has 0 aliphatic carbocycles. The molecule has 0 saturated heterocycles. The molecule has 18 heavy (non-hydrogen) atoms. The fourth-order valence-corrected chi connectivity index (χ4v) is 1.63. The fourth-order valence-electron chi connectivity index (χ4n) is 1.63. The molecule has 1 atom stereocenters. The zero-order chi connectivity index (χ0) is 13.4. The first-order chi connectivity index (χ1) is 8.61. The summed E-state index contributed by atoms with van der Waals surface area (Å²) in [5, 5.41) is 11.5. The standard InChI is InChI=1S/C14H25N3O/c1-5-6-12(4)10-18-14-8-7-13(16-17-14)9-15-11(2)3/h7-8,11-12,15H,5-6,9-10H2,1-4H3. The highest BCUT2D eigenvalue weighted by molar-refractivity contribution is 5.11. The first-order valence-corrected chi connectivity index (χ1v) is 6.80. The molecule has 0 aromatic carbocycles. The van der Waals surface area contributed by atoms with E-state index in [9.17, 15) is 0 Å². The second kappa shape index (κ2) is 8.03. The molecule has 1 N–H and O–H groups in total. The lowest BCUT2D eigenvalue weighted by Crippen LogP contribution is -2.22. The van der Waals surface area contributed by atoms with E-state index in [0.717, 1.165) is 12.2 Å². The number of rotatable bonds is 8. The van der Waals surface area contributed by atoms with E-state index in [1.54, 1.807) is 0 Å². The Morgan fingerprint density at radius 2 is 2.00 bits per heavy atom. The minimum absolute atomic E-state index is 0.456. The molecule has 0 saturated carbocycles. The van der Waals surface area contributed by atoms with E-state index < -0.39 is 0 Å². The third kappa shape index (κ3) is 5.96. The zero-order valence-electron chi connectivity index (χ0n) is 11.9. The van der Waals surface area contributed by atoms with E-state index >= 15 is 0 Å². The lowest BCUT2D eigenvalue weighted by atomic mass is 10.1. The molecule has 1 unspecified atom stereocenters. The van der Waals surface area contributed by atoms with Gasteiger partial charge in [-0.05, 0) is 18.4 Å². The van der Waals surface area contributed by atoms with Crippen LogP contribution < -0.4 is 10.1 Å². The Morgan fingerprint density at radius 1 is 1.22 bits per heavy atom. The Morgan fingerprint density at radius 3 is 2.56 bits per heavy atom. The molecule has 0 radical (unpaired) electrons. The van der Waals surface area contributed by atoms with Crippen LogP contribution in [0.3, 0.4) is 0 Å². The Labute approximate surface area is 110 Å². The molecule has 4 nitrogen and oxygen atoms in total. The molecule has 1 heterocycles. The molecule has 102 valence electrons. The molecule has 1 rings (SSSR count). The highest BCUT2D eigenvalue weighted by Gasteiger charge is 2.04.